The van der Waals surface area contributed by atoms with E-state index in [-0.39, 0.29) is 5.60 Å². The van der Waals surface area contributed by atoms with Crippen molar-refractivity contribution in [2.75, 3.05) is 13.7 Å². The summed E-state index contributed by atoms with van der Waals surface area (Å²) in [6.07, 6.45) is 3.17. The highest BCUT2D eigenvalue weighted by atomic mass is 16.5. The van der Waals surface area contributed by atoms with Crippen LogP contribution in [0.25, 0.3) is 0 Å². The lowest BCUT2D eigenvalue weighted by Crippen LogP contribution is -2.51. The molecule has 0 fully saturated rings. The molecule has 0 amide bonds. The Labute approximate surface area is 118 Å². The second kappa shape index (κ2) is 7.66. The van der Waals surface area contributed by atoms with E-state index in [4.69, 9.17) is 4.74 Å². The third-order valence-corrected chi connectivity index (χ3v) is 4.11. The fourth-order valence-electron chi connectivity index (χ4n) is 2.32. The smallest absolute Gasteiger partial charge is 0.0803 e. The van der Waals surface area contributed by atoms with Gasteiger partial charge in [0.25, 0.3) is 0 Å². The Bertz CT molecular complexity index is 354. The molecule has 0 aromatic heterocycles. The normalized spacial score (nSPS) is 16.1. The lowest BCUT2D eigenvalue weighted by molar-refractivity contribution is -0.0287. The van der Waals surface area contributed by atoms with Crippen LogP contribution in [0.2, 0.25) is 0 Å². The van der Waals surface area contributed by atoms with Gasteiger partial charge in [-0.2, -0.15) is 0 Å². The molecule has 1 aromatic rings. The number of aryl methyl sites for hydroxylation is 1. The Balaban J connectivity index is 2.81. The Morgan fingerprint density at radius 1 is 1.21 bits per heavy atom. The first kappa shape index (κ1) is 16.2. The zero-order chi connectivity index (χ0) is 14.3. The van der Waals surface area contributed by atoms with Crippen LogP contribution in [0.1, 0.15) is 44.7 Å². The molecule has 0 spiro atoms. The van der Waals surface area contributed by atoms with Crippen molar-refractivity contribution in [1.82, 2.24) is 5.32 Å². The summed E-state index contributed by atoms with van der Waals surface area (Å²) in [4.78, 5) is 0. The summed E-state index contributed by atoms with van der Waals surface area (Å²) in [6, 6.07) is 9.17. The van der Waals surface area contributed by atoms with Crippen LogP contribution in [0.3, 0.4) is 0 Å². The van der Waals surface area contributed by atoms with Gasteiger partial charge in [-0.1, -0.05) is 43.7 Å². The van der Waals surface area contributed by atoms with Crippen molar-refractivity contribution in [3.05, 3.63) is 35.4 Å². The van der Waals surface area contributed by atoms with Crippen LogP contribution in [0.15, 0.2) is 24.3 Å². The molecule has 2 heteroatoms. The maximum atomic E-state index is 5.78. The molecule has 0 aliphatic carbocycles. The Morgan fingerprint density at radius 2 is 1.84 bits per heavy atom. The first-order chi connectivity index (χ1) is 9.05. The molecule has 19 heavy (non-hydrogen) atoms. The van der Waals surface area contributed by atoms with Crippen molar-refractivity contribution in [1.29, 1.82) is 0 Å². The van der Waals surface area contributed by atoms with E-state index < -0.39 is 0 Å². The van der Waals surface area contributed by atoms with E-state index in [9.17, 15) is 0 Å². The minimum atomic E-state index is -0.111. The monoisotopic (exact) mass is 263 g/mol. The highest BCUT2D eigenvalue weighted by molar-refractivity contribution is 5.22. The summed E-state index contributed by atoms with van der Waals surface area (Å²) < 4.78 is 5.78. The van der Waals surface area contributed by atoms with Crippen molar-refractivity contribution in [3.8, 4) is 0 Å². The molecule has 2 nitrogen and oxygen atoms in total. The summed E-state index contributed by atoms with van der Waals surface area (Å²) in [5.41, 5.74) is 2.57. The predicted octanol–water partition coefficient (Wildman–Crippen LogP) is 3.72. The highest BCUT2D eigenvalue weighted by Crippen LogP contribution is 2.22. The molecule has 2 atom stereocenters. The van der Waals surface area contributed by atoms with Crippen LogP contribution < -0.4 is 5.32 Å². The standard InChI is InChI=1S/C17H29NO/c1-6-12-18-16(17(4,7-2)19-5)13-15-10-8-14(3)9-11-15/h8-11,16,18H,6-7,12-13H2,1-5H3. The number of rotatable bonds is 8. The van der Waals surface area contributed by atoms with E-state index in [0.29, 0.717) is 6.04 Å². The average molecular weight is 263 g/mol. The number of ether oxygens (including phenoxy) is 1. The van der Waals surface area contributed by atoms with Gasteiger partial charge in [-0.25, -0.2) is 0 Å². The van der Waals surface area contributed by atoms with Crippen molar-refractivity contribution < 1.29 is 4.74 Å². The summed E-state index contributed by atoms with van der Waals surface area (Å²) >= 11 is 0. The summed E-state index contributed by atoms with van der Waals surface area (Å²) in [5, 5.41) is 3.65. The first-order valence-electron chi connectivity index (χ1n) is 7.39. The minimum Gasteiger partial charge on any atom is -0.377 e. The molecule has 0 heterocycles. The Morgan fingerprint density at radius 3 is 2.32 bits per heavy atom. The average Bonchev–Trinajstić information content (AvgIpc) is 2.44. The van der Waals surface area contributed by atoms with Crippen molar-refractivity contribution in [3.63, 3.8) is 0 Å². The largest absolute Gasteiger partial charge is 0.377 e. The number of hydrogen-bond donors (Lipinski definition) is 1. The molecule has 1 N–H and O–H groups in total. The molecular formula is C17H29NO. The minimum absolute atomic E-state index is 0.111. The van der Waals surface area contributed by atoms with Crippen molar-refractivity contribution >= 4 is 0 Å². The Kier molecular flexibility index (Phi) is 6.53. The molecule has 0 bridgehead atoms. The van der Waals surface area contributed by atoms with Gasteiger partial charge in [0.05, 0.1) is 5.60 Å². The molecule has 0 aliphatic rings. The number of methoxy groups -OCH3 is 1. The number of benzene rings is 1. The van der Waals surface area contributed by atoms with Gasteiger partial charge in [0.1, 0.15) is 0 Å². The molecule has 0 saturated heterocycles. The van der Waals surface area contributed by atoms with Crippen LogP contribution in [0.4, 0.5) is 0 Å². The van der Waals surface area contributed by atoms with Gasteiger partial charge in [-0.3, -0.25) is 0 Å². The third-order valence-electron chi connectivity index (χ3n) is 4.11. The van der Waals surface area contributed by atoms with Gasteiger partial charge in [-0.05, 0) is 45.2 Å². The number of hydrogen-bond acceptors (Lipinski definition) is 2. The van der Waals surface area contributed by atoms with Gasteiger partial charge in [0, 0.05) is 13.2 Å². The predicted molar refractivity (Wildman–Crippen MR) is 82.7 cm³/mol. The van der Waals surface area contributed by atoms with Crippen LogP contribution >= 0.6 is 0 Å². The Hall–Kier alpha value is -0.860. The summed E-state index contributed by atoms with van der Waals surface area (Å²) in [6.45, 7) is 9.76. The van der Waals surface area contributed by atoms with Crippen molar-refractivity contribution in [2.45, 2.75) is 58.6 Å². The highest BCUT2D eigenvalue weighted by Gasteiger charge is 2.32. The van der Waals surface area contributed by atoms with Crippen LogP contribution in [0.5, 0.6) is 0 Å². The molecule has 0 aliphatic heterocycles. The molecule has 1 rings (SSSR count). The molecule has 0 radical (unpaired) electrons. The van der Waals surface area contributed by atoms with E-state index in [0.717, 1.165) is 25.8 Å². The van der Waals surface area contributed by atoms with Gasteiger partial charge in [0.2, 0.25) is 0 Å². The quantitative estimate of drug-likeness (QED) is 0.772. The van der Waals surface area contributed by atoms with Crippen LogP contribution in [-0.2, 0) is 11.2 Å². The van der Waals surface area contributed by atoms with E-state index in [1.165, 1.54) is 11.1 Å². The SMILES string of the molecule is CCCNC(Cc1ccc(C)cc1)C(C)(CC)OC. The van der Waals surface area contributed by atoms with E-state index >= 15 is 0 Å². The molecule has 108 valence electrons. The zero-order valence-corrected chi connectivity index (χ0v) is 13.1. The molecule has 0 saturated carbocycles. The van der Waals surface area contributed by atoms with E-state index in [1.807, 2.05) is 7.11 Å². The molecule has 1 aromatic carbocycles. The fraction of sp³-hybridized carbons (Fsp3) is 0.647. The summed E-state index contributed by atoms with van der Waals surface area (Å²) in [7, 11) is 1.82. The lowest BCUT2D eigenvalue weighted by atomic mass is 9.88. The van der Waals surface area contributed by atoms with Gasteiger partial charge < -0.3 is 10.1 Å². The van der Waals surface area contributed by atoms with Gasteiger partial charge >= 0.3 is 0 Å². The molecule has 2 unspecified atom stereocenters. The molecular weight excluding hydrogens is 234 g/mol. The topological polar surface area (TPSA) is 21.3 Å². The second-order valence-electron chi connectivity index (χ2n) is 5.57. The first-order valence-corrected chi connectivity index (χ1v) is 7.39. The van der Waals surface area contributed by atoms with Gasteiger partial charge in [0.15, 0.2) is 0 Å². The van der Waals surface area contributed by atoms with E-state index in [1.54, 1.807) is 0 Å². The maximum Gasteiger partial charge on any atom is 0.0803 e. The van der Waals surface area contributed by atoms with Crippen molar-refractivity contribution in [2.24, 2.45) is 0 Å². The van der Waals surface area contributed by atoms with E-state index in [2.05, 4.69) is 57.3 Å². The maximum absolute atomic E-state index is 5.78. The zero-order valence-electron chi connectivity index (χ0n) is 13.1. The van der Waals surface area contributed by atoms with Crippen LogP contribution in [-0.4, -0.2) is 25.3 Å². The second-order valence-corrected chi connectivity index (χ2v) is 5.57. The number of nitrogens with one attached hydrogen (secondary N) is 1. The summed E-state index contributed by atoms with van der Waals surface area (Å²) in [5.74, 6) is 0. The van der Waals surface area contributed by atoms with Gasteiger partial charge in [-0.15, -0.1) is 0 Å². The fourth-order valence-corrected chi connectivity index (χ4v) is 2.32. The van der Waals surface area contributed by atoms with Crippen LogP contribution in [0, 0.1) is 6.92 Å². The lowest BCUT2D eigenvalue weighted by Gasteiger charge is -2.36. The third kappa shape index (κ3) is 4.63.